The molecule has 7 heteroatoms. The van der Waals surface area contributed by atoms with Crippen LogP contribution in [0.3, 0.4) is 0 Å². The van der Waals surface area contributed by atoms with Crippen molar-refractivity contribution in [3.63, 3.8) is 0 Å². The Morgan fingerprint density at radius 2 is 1.96 bits per heavy atom. The van der Waals surface area contributed by atoms with Crippen molar-refractivity contribution in [2.45, 2.75) is 44.0 Å². The smallest absolute Gasteiger partial charge is 0.243 e. The number of benzene rings is 1. The summed E-state index contributed by atoms with van der Waals surface area (Å²) < 4.78 is 26.7. The SMILES string of the molecule is CCC(C)NC(N)=NCC1CCN(S(=O)(=O)c2ccccc2)CC1. The van der Waals surface area contributed by atoms with E-state index < -0.39 is 10.0 Å². The van der Waals surface area contributed by atoms with Gasteiger partial charge in [-0.05, 0) is 44.2 Å². The topological polar surface area (TPSA) is 87.8 Å². The number of nitrogens with one attached hydrogen (secondary N) is 1. The summed E-state index contributed by atoms with van der Waals surface area (Å²) in [5.74, 6) is 0.855. The molecule has 0 aromatic heterocycles. The molecule has 6 nitrogen and oxygen atoms in total. The average molecular weight is 353 g/mol. The number of guanidine groups is 1. The first-order valence-electron chi connectivity index (χ1n) is 8.55. The predicted octanol–water partition coefficient (Wildman–Crippen LogP) is 1.79. The van der Waals surface area contributed by atoms with Crippen molar-refractivity contribution in [3.8, 4) is 0 Å². The third-order valence-corrected chi connectivity index (χ3v) is 6.39. The molecule has 24 heavy (non-hydrogen) atoms. The zero-order valence-corrected chi connectivity index (χ0v) is 15.3. The Labute approximate surface area is 145 Å². The fraction of sp³-hybridized carbons (Fsp3) is 0.588. The lowest BCUT2D eigenvalue weighted by Gasteiger charge is -2.30. The largest absolute Gasteiger partial charge is 0.370 e. The summed E-state index contributed by atoms with van der Waals surface area (Å²) >= 11 is 0. The lowest BCUT2D eigenvalue weighted by molar-refractivity contribution is 0.278. The molecule has 0 radical (unpaired) electrons. The molecule has 1 heterocycles. The molecule has 1 aliphatic heterocycles. The number of nitrogens with two attached hydrogens (primary N) is 1. The minimum Gasteiger partial charge on any atom is -0.370 e. The molecule has 1 aliphatic rings. The van der Waals surface area contributed by atoms with Crippen LogP contribution < -0.4 is 11.1 Å². The van der Waals surface area contributed by atoms with Gasteiger partial charge in [-0.2, -0.15) is 4.31 Å². The van der Waals surface area contributed by atoms with Gasteiger partial charge in [-0.25, -0.2) is 8.42 Å². The highest BCUT2D eigenvalue weighted by atomic mass is 32.2. The first kappa shape index (κ1) is 18.7. The van der Waals surface area contributed by atoms with Gasteiger partial charge in [0.2, 0.25) is 10.0 Å². The van der Waals surface area contributed by atoms with Gasteiger partial charge in [-0.3, -0.25) is 4.99 Å². The predicted molar refractivity (Wildman–Crippen MR) is 97.3 cm³/mol. The van der Waals surface area contributed by atoms with Gasteiger partial charge in [0, 0.05) is 25.7 Å². The number of rotatable bonds is 6. The molecule has 134 valence electrons. The Morgan fingerprint density at radius 1 is 1.33 bits per heavy atom. The van der Waals surface area contributed by atoms with Crippen LogP contribution in [0.4, 0.5) is 0 Å². The lowest BCUT2D eigenvalue weighted by Crippen LogP contribution is -2.40. The van der Waals surface area contributed by atoms with E-state index in [2.05, 4.69) is 24.2 Å². The second-order valence-electron chi connectivity index (χ2n) is 6.34. The number of sulfonamides is 1. The molecule has 1 unspecified atom stereocenters. The molecule has 1 fully saturated rings. The zero-order valence-electron chi connectivity index (χ0n) is 14.5. The van der Waals surface area contributed by atoms with Crippen LogP contribution in [0.2, 0.25) is 0 Å². The van der Waals surface area contributed by atoms with E-state index in [1.807, 2.05) is 6.07 Å². The Bertz CT molecular complexity index is 638. The molecule has 2 rings (SSSR count). The summed E-state index contributed by atoms with van der Waals surface area (Å²) in [6, 6.07) is 8.93. The maximum atomic E-state index is 12.6. The number of hydrogen-bond acceptors (Lipinski definition) is 3. The molecule has 1 aromatic carbocycles. The fourth-order valence-electron chi connectivity index (χ4n) is 2.70. The zero-order chi connectivity index (χ0) is 17.6. The molecular weight excluding hydrogens is 324 g/mol. The number of aliphatic imine (C=N–C) groups is 1. The summed E-state index contributed by atoms with van der Waals surface area (Å²) in [6.45, 7) is 5.88. The van der Waals surface area contributed by atoms with Crippen molar-refractivity contribution < 1.29 is 8.42 Å². The lowest BCUT2D eigenvalue weighted by atomic mass is 9.98. The summed E-state index contributed by atoms with van der Waals surface area (Å²) in [6.07, 6.45) is 2.62. The monoisotopic (exact) mass is 352 g/mol. The van der Waals surface area contributed by atoms with Gasteiger partial charge < -0.3 is 11.1 Å². The van der Waals surface area contributed by atoms with Gasteiger partial charge in [0.05, 0.1) is 4.90 Å². The maximum Gasteiger partial charge on any atom is 0.243 e. The molecule has 0 bridgehead atoms. The molecule has 0 aliphatic carbocycles. The second-order valence-corrected chi connectivity index (χ2v) is 8.28. The summed E-state index contributed by atoms with van der Waals surface area (Å²) in [5.41, 5.74) is 5.87. The van der Waals surface area contributed by atoms with Crippen LogP contribution in [0, 0.1) is 5.92 Å². The molecule has 3 N–H and O–H groups in total. The van der Waals surface area contributed by atoms with E-state index in [0.717, 1.165) is 19.3 Å². The van der Waals surface area contributed by atoms with Crippen molar-refractivity contribution in [2.75, 3.05) is 19.6 Å². The van der Waals surface area contributed by atoms with Crippen LogP contribution in [0.15, 0.2) is 40.2 Å². The minimum atomic E-state index is -3.38. The van der Waals surface area contributed by atoms with Crippen LogP contribution in [0.25, 0.3) is 0 Å². The fourth-order valence-corrected chi connectivity index (χ4v) is 4.19. The third-order valence-electron chi connectivity index (χ3n) is 4.48. The van der Waals surface area contributed by atoms with E-state index in [9.17, 15) is 8.42 Å². The summed E-state index contributed by atoms with van der Waals surface area (Å²) in [5, 5.41) is 3.15. The van der Waals surface area contributed by atoms with Gasteiger partial charge in [0.1, 0.15) is 0 Å². The molecule has 0 spiro atoms. The number of piperidine rings is 1. The first-order chi connectivity index (χ1) is 11.4. The first-order valence-corrected chi connectivity index (χ1v) is 9.99. The van der Waals surface area contributed by atoms with Crippen LogP contribution in [0.5, 0.6) is 0 Å². The van der Waals surface area contributed by atoms with E-state index in [4.69, 9.17) is 5.73 Å². The molecule has 1 atom stereocenters. The Kier molecular flexibility index (Phi) is 6.62. The van der Waals surface area contributed by atoms with E-state index in [1.165, 1.54) is 0 Å². The van der Waals surface area contributed by atoms with Gasteiger partial charge >= 0.3 is 0 Å². The minimum absolute atomic E-state index is 0.312. The second kappa shape index (κ2) is 8.48. The van der Waals surface area contributed by atoms with Crippen molar-refractivity contribution in [2.24, 2.45) is 16.6 Å². The van der Waals surface area contributed by atoms with E-state index in [0.29, 0.717) is 42.4 Å². The van der Waals surface area contributed by atoms with Crippen molar-refractivity contribution >= 4 is 16.0 Å². The van der Waals surface area contributed by atoms with Gasteiger partial charge in [-0.1, -0.05) is 25.1 Å². The van der Waals surface area contributed by atoms with Crippen molar-refractivity contribution in [1.82, 2.24) is 9.62 Å². The highest BCUT2D eigenvalue weighted by Crippen LogP contribution is 2.23. The van der Waals surface area contributed by atoms with Gasteiger partial charge in [0.25, 0.3) is 0 Å². The van der Waals surface area contributed by atoms with Crippen LogP contribution in [-0.4, -0.2) is 44.4 Å². The Balaban J connectivity index is 1.86. The molecular formula is C17H28N4O2S. The summed E-state index contributed by atoms with van der Waals surface area (Å²) in [7, 11) is -3.38. The average Bonchev–Trinajstić information content (AvgIpc) is 2.61. The number of hydrogen-bond donors (Lipinski definition) is 2. The molecule has 0 amide bonds. The van der Waals surface area contributed by atoms with Gasteiger partial charge in [0.15, 0.2) is 5.96 Å². The number of nitrogens with zero attached hydrogens (tertiary/aromatic N) is 2. The van der Waals surface area contributed by atoms with Crippen LogP contribution in [-0.2, 0) is 10.0 Å². The normalized spacial score (nSPS) is 19.2. The third kappa shape index (κ3) is 4.95. The highest BCUT2D eigenvalue weighted by Gasteiger charge is 2.29. The Hall–Kier alpha value is -1.60. The highest BCUT2D eigenvalue weighted by molar-refractivity contribution is 7.89. The van der Waals surface area contributed by atoms with E-state index >= 15 is 0 Å². The maximum absolute atomic E-state index is 12.6. The van der Waals surface area contributed by atoms with E-state index in [-0.39, 0.29) is 0 Å². The van der Waals surface area contributed by atoms with E-state index in [1.54, 1.807) is 28.6 Å². The molecule has 1 saturated heterocycles. The van der Waals surface area contributed by atoms with Crippen molar-refractivity contribution in [3.05, 3.63) is 30.3 Å². The quantitative estimate of drug-likeness (QED) is 0.603. The molecule has 0 saturated carbocycles. The summed E-state index contributed by atoms with van der Waals surface area (Å²) in [4.78, 5) is 4.76. The van der Waals surface area contributed by atoms with Crippen LogP contribution >= 0.6 is 0 Å². The standard InChI is InChI=1S/C17H28N4O2S/c1-3-14(2)20-17(18)19-13-15-9-11-21(12-10-15)24(22,23)16-7-5-4-6-8-16/h4-8,14-15H,3,9-13H2,1-2H3,(H3,18,19,20). The molecule has 1 aromatic rings. The van der Waals surface area contributed by atoms with Crippen LogP contribution in [0.1, 0.15) is 33.1 Å². The Morgan fingerprint density at radius 3 is 2.54 bits per heavy atom. The van der Waals surface area contributed by atoms with Gasteiger partial charge in [-0.15, -0.1) is 0 Å². The van der Waals surface area contributed by atoms with Crippen molar-refractivity contribution in [1.29, 1.82) is 0 Å².